The number of hydrogen-bond donors (Lipinski definition) is 1. The molecule has 1 aliphatic heterocycles. The summed E-state index contributed by atoms with van der Waals surface area (Å²) in [4.78, 5) is 0. The molecule has 1 fully saturated rings. The van der Waals surface area contributed by atoms with E-state index in [4.69, 9.17) is 10.5 Å². The lowest BCUT2D eigenvalue weighted by atomic mass is 9.74. The van der Waals surface area contributed by atoms with Crippen molar-refractivity contribution in [3.05, 3.63) is 0 Å². The van der Waals surface area contributed by atoms with Gasteiger partial charge in [-0.25, -0.2) is 0 Å². The van der Waals surface area contributed by atoms with Gasteiger partial charge in [-0.3, -0.25) is 0 Å². The van der Waals surface area contributed by atoms with E-state index in [1.165, 1.54) is 6.42 Å². The zero-order valence-corrected chi connectivity index (χ0v) is 9.53. The molecule has 1 aliphatic rings. The first-order valence-corrected chi connectivity index (χ1v) is 4.96. The van der Waals surface area contributed by atoms with Gasteiger partial charge in [0.2, 0.25) is 0 Å². The van der Waals surface area contributed by atoms with Gasteiger partial charge in [0.1, 0.15) is 0 Å². The number of ether oxygens (including phenoxy) is 1. The molecule has 3 heteroatoms. The third kappa shape index (κ3) is 3.84. The Balaban J connectivity index is 0.00000144. The second-order valence-corrected chi connectivity index (χ2v) is 4.41. The summed E-state index contributed by atoms with van der Waals surface area (Å²) in [5, 5.41) is 0. The van der Waals surface area contributed by atoms with Gasteiger partial charge in [-0.15, -0.1) is 12.4 Å². The van der Waals surface area contributed by atoms with E-state index >= 15 is 0 Å². The maximum absolute atomic E-state index is 5.83. The Morgan fingerprint density at radius 1 is 1.31 bits per heavy atom. The molecular weight excluding hydrogens is 186 g/mol. The molecule has 0 aromatic rings. The van der Waals surface area contributed by atoms with Gasteiger partial charge in [0.15, 0.2) is 0 Å². The molecule has 0 amide bonds. The Bertz CT molecular complexity index is 133. The molecule has 80 valence electrons. The molecule has 0 aromatic carbocycles. The molecular formula is C10H22ClNO. The third-order valence-corrected chi connectivity index (χ3v) is 2.83. The molecule has 13 heavy (non-hydrogen) atoms. The van der Waals surface area contributed by atoms with Crippen LogP contribution in [0.4, 0.5) is 0 Å². The number of hydrogen-bond acceptors (Lipinski definition) is 2. The molecule has 1 rings (SSSR count). The van der Waals surface area contributed by atoms with Crippen LogP contribution in [0.3, 0.4) is 0 Å². The molecule has 2 nitrogen and oxygen atoms in total. The van der Waals surface area contributed by atoms with Crippen molar-refractivity contribution >= 4 is 12.4 Å². The highest BCUT2D eigenvalue weighted by Crippen LogP contribution is 2.35. The highest BCUT2D eigenvalue weighted by molar-refractivity contribution is 5.85. The van der Waals surface area contributed by atoms with E-state index in [0.29, 0.717) is 5.41 Å². The molecule has 0 atom stereocenters. The fraction of sp³-hybridized carbons (Fsp3) is 1.00. The standard InChI is InChI=1S/C10H21NO.ClH/c1-9(2)7-10(8-11)3-5-12-6-4-10;/h9H,3-8,11H2,1-2H3;1H. The van der Waals surface area contributed by atoms with Gasteiger partial charge in [-0.1, -0.05) is 13.8 Å². The van der Waals surface area contributed by atoms with Gasteiger partial charge < -0.3 is 10.5 Å². The lowest BCUT2D eigenvalue weighted by Gasteiger charge is -2.37. The van der Waals surface area contributed by atoms with Crippen LogP contribution < -0.4 is 5.73 Å². The maximum atomic E-state index is 5.83. The predicted octanol–water partition coefficient (Wildman–Crippen LogP) is 2.21. The number of nitrogens with two attached hydrogens (primary N) is 1. The summed E-state index contributed by atoms with van der Waals surface area (Å²) in [7, 11) is 0. The van der Waals surface area contributed by atoms with E-state index in [9.17, 15) is 0 Å². The summed E-state index contributed by atoms with van der Waals surface area (Å²) in [6.45, 7) is 7.18. The molecule has 0 unspecified atom stereocenters. The average Bonchev–Trinajstić information content (AvgIpc) is 2.05. The summed E-state index contributed by atoms with van der Waals surface area (Å²) in [6.07, 6.45) is 3.57. The minimum Gasteiger partial charge on any atom is -0.381 e. The molecule has 0 saturated carbocycles. The summed E-state index contributed by atoms with van der Waals surface area (Å²) in [5.41, 5.74) is 6.23. The Labute approximate surface area is 87.6 Å². The molecule has 2 N–H and O–H groups in total. The van der Waals surface area contributed by atoms with Crippen molar-refractivity contribution in [2.24, 2.45) is 17.1 Å². The topological polar surface area (TPSA) is 35.2 Å². The quantitative estimate of drug-likeness (QED) is 0.771. The van der Waals surface area contributed by atoms with E-state index < -0.39 is 0 Å². The number of rotatable bonds is 3. The van der Waals surface area contributed by atoms with Crippen molar-refractivity contribution in [2.45, 2.75) is 33.1 Å². The fourth-order valence-corrected chi connectivity index (χ4v) is 2.16. The molecule has 0 radical (unpaired) electrons. The first-order valence-electron chi connectivity index (χ1n) is 4.96. The van der Waals surface area contributed by atoms with Crippen LogP contribution >= 0.6 is 12.4 Å². The first-order chi connectivity index (χ1) is 5.68. The zero-order valence-electron chi connectivity index (χ0n) is 8.71. The fourth-order valence-electron chi connectivity index (χ4n) is 2.16. The van der Waals surface area contributed by atoms with Gasteiger partial charge in [-0.05, 0) is 37.1 Å². The minimum absolute atomic E-state index is 0. The van der Waals surface area contributed by atoms with Crippen molar-refractivity contribution in [3.8, 4) is 0 Å². The Morgan fingerprint density at radius 2 is 1.85 bits per heavy atom. The molecule has 0 aliphatic carbocycles. The maximum Gasteiger partial charge on any atom is 0.0471 e. The van der Waals surface area contributed by atoms with E-state index in [2.05, 4.69) is 13.8 Å². The molecule has 1 heterocycles. The van der Waals surface area contributed by atoms with Gasteiger partial charge >= 0.3 is 0 Å². The van der Waals surface area contributed by atoms with E-state index in [1.54, 1.807) is 0 Å². The van der Waals surface area contributed by atoms with Crippen LogP contribution in [0.2, 0.25) is 0 Å². The van der Waals surface area contributed by atoms with E-state index in [-0.39, 0.29) is 12.4 Å². The van der Waals surface area contributed by atoms with Crippen LogP contribution in [-0.4, -0.2) is 19.8 Å². The Kier molecular flexibility index (Phi) is 5.93. The summed E-state index contributed by atoms with van der Waals surface area (Å²) < 4.78 is 5.35. The first kappa shape index (κ1) is 13.2. The highest BCUT2D eigenvalue weighted by atomic mass is 35.5. The summed E-state index contributed by atoms with van der Waals surface area (Å²) >= 11 is 0. The second-order valence-electron chi connectivity index (χ2n) is 4.41. The normalized spacial score (nSPS) is 21.2. The lowest BCUT2D eigenvalue weighted by Crippen LogP contribution is -2.37. The van der Waals surface area contributed by atoms with E-state index in [0.717, 1.165) is 38.5 Å². The molecule has 0 bridgehead atoms. The van der Waals surface area contributed by atoms with Crippen molar-refractivity contribution < 1.29 is 4.74 Å². The van der Waals surface area contributed by atoms with Gasteiger partial charge in [-0.2, -0.15) is 0 Å². The lowest BCUT2D eigenvalue weighted by molar-refractivity contribution is 0.00876. The van der Waals surface area contributed by atoms with Crippen LogP contribution in [0.1, 0.15) is 33.1 Å². The molecule has 0 spiro atoms. The summed E-state index contributed by atoms with van der Waals surface area (Å²) in [5.74, 6) is 0.756. The average molecular weight is 208 g/mol. The third-order valence-electron chi connectivity index (χ3n) is 2.83. The Morgan fingerprint density at radius 3 is 2.23 bits per heavy atom. The zero-order chi connectivity index (χ0) is 9.03. The van der Waals surface area contributed by atoms with Gasteiger partial charge in [0, 0.05) is 13.2 Å². The van der Waals surface area contributed by atoms with Crippen molar-refractivity contribution in [3.63, 3.8) is 0 Å². The van der Waals surface area contributed by atoms with Crippen LogP contribution in [0.25, 0.3) is 0 Å². The van der Waals surface area contributed by atoms with Crippen LogP contribution in [0, 0.1) is 11.3 Å². The van der Waals surface area contributed by atoms with Crippen LogP contribution in [0.5, 0.6) is 0 Å². The van der Waals surface area contributed by atoms with Crippen molar-refractivity contribution in [1.82, 2.24) is 0 Å². The Hall–Kier alpha value is 0.210. The second kappa shape index (κ2) is 5.84. The van der Waals surface area contributed by atoms with E-state index in [1.807, 2.05) is 0 Å². The van der Waals surface area contributed by atoms with Crippen molar-refractivity contribution in [1.29, 1.82) is 0 Å². The monoisotopic (exact) mass is 207 g/mol. The van der Waals surface area contributed by atoms with Gasteiger partial charge in [0.25, 0.3) is 0 Å². The van der Waals surface area contributed by atoms with Gasteiger partial charge in [0.05, 0.1) is 0 Å². The SMILES string of the molecule is CC(C)CC1(CN)CCOCC1.Cl. The summed E-state index contributed by atoms with van der Waals surface area (Å²) in [6, 6.07) is 0. The smallest absolute Gasteiger partial charge is 0.0471 e. The predicted molar refractivity (Wildman–Crippen MR) is 58.2 cm³/mol. The van der Waals surface area contributed by atoms with Crippen molar-refractivity contribution in [2.75, 3.05) is 19.8 Å². The number of halogens is 1. The largest absolute Gasteiger partial charge is 0.381 e. The minimum atomic E-state index is 0. The molecule has 0 aromatic heterocycles. The van der Waals surface area contributed by atoms with Crippen LogP contribution in [0.15, 0.2) is 0 Å². The molecule has 1 saturated heterocycles. The highest BCUT2D eigenvalue weighted by Gasteiger charge is 2.31. The van der Waals surface area contributed by atoms with Crippen LogP contribution in [-0.2, 0) is 4.74 Å².